The van der Waals surface area contributed by atoms with Crippen molar-refractivity contribution in [3.05, 3.63) is 146 Å². The van der Waals surface area contributed by atoms with Gasteiger partial charge in [0.25, 0.3) is 0 Å². The molecular formula is C32H27NO2P2S. The topological polar surface area (TPSA) is 46.2 Å². The first-order valence-electron chi connectivity index (χ1n) is 12.3. The molecular weight excluding hydrogens is 524 g/mol. The smallest absolute Gasteiger partial charge is 0.230 e. The second-order valence-corrected chi connectivity index (χ2v) is 16.3. The van der Waals surface area contributed by atoms with E-state index in [1.807, 2.05) is 146 Å². The Morgan fingerprint density at radius 1 is 0.553 bits per heavy atom. The van der Waals surface area contributed by atoms with Gasteiger partial charge in [-0.05, 0) is 22.7 Å². The molecule has 188 valence electrons. The first-order valence-corrected chi connectivity index (χ1v) is 17.0. The third kappa shape index (κ3) is 5.22. The third-order valence-electron chi connectivity index (χ3n) is 6.47. The van der Waals surface area contributed by atoms with E-state index < -0.39 is 13.2 Å². The highest BCUT2D eigenvalue weighted by molar-refractivity contribution is 8.22. The maximum absolute atomic E-state index is 15.0. The number of benzene rings is 5. The van der Waals surface area contributed by atoms with E-state index in [2.05, 4.69) is 5.32 Å². The van der Waals surface area contributed by atoms with Crippen LogP contribution in [-0.4, -0.2) is 12.1 Å². The lowest BCUT2D eigenvalue weighted by Gasteiger charge is -2.25. The minimum atomic E-state index is -3.27. The second kappa shape index (κ2) is 11.5. The number of carbonyl (C=O) groups is 1. The van der Waals surface area contributed by atoms with Crippen LogP contribution in [0.15, 0.2) is 146 Å². The number of anilines is 1. The molecule has 0 radical (unpaired) electrons. The van der Waals surface area contributed by atoms with Crippen molar-refractivity contribution in [1.82, 2.24) is 0 Å². The zero-order valence-corrected chi connectivity index (χ0v) is 23.3. The molecule has 0 unspecified atom stereocenters. The molecule has 0 heterocycles. The maximum atomic E-state index is 15.0. The largest absolute Gasteiger partial charge is 0.325 e. The molecule has 0 bridgehead atoms. The van der Waals surface area contributed by atoms with Gasteiger partial charge in [-0.15, -0.1) is 0 Å². The van der Waals surface area contributed by atoms with Crippen LogP contribution >= 0.6 is 13.2 Å². The number of hydrogen-bond donors (Lipinski definition) is 1. The SMILES string of the molecule is O=C(CP(=S)(c1ccccc1)c1ccccc1)Nc1ccccc1P(=O)(c1ccccc1)c1ccccc1. The average Bonchev–Trinajstić information content (AvgIpc) is 2.99. The van der Waals surface area contributed by atoms with E-state index >= 15 is 0 Å². The zero-order valence-electron chi connectivity index (χ0n) is 20.7. The molecule has 0 aliphatic heterocycles. The second-order valence-electron chi connectivity index (χ2n) is 8.91. The number of hydrogen-bond acceptors (Lipinski definition) is 3. The minimum absolute atomic E-state index is 0.158. The van der Waals surface area contributed by atoms with Gasteiger partial charge in [0.15, 0.2) is 7.14 Å². The molecule has 5 rings (SSSR count). The Kier molecular flexibility index (Phi) is 7.86. The van der Waals surface area contributed by atoms with Crippen molar-refractivity contribution in [3.63, 3.8) is 0 Å². The molecule has 38 heavy (non-hydrogen) atoms. The van der Waals surface area contributed by atoms with Crippen LogP contribution in [0, 0.1) is 0 Å². The van der Waals surface area contributed by atoms with Gasteiger partial charge in [0.1, 0.15) is 0 Å². The molecule has 0 saturated carbocycles. The highest BCUT2D eigenvalue weighted by Gasteiger charge is 2.33. The lowest BCUT2D eigenvalue weighted by Crippen LogP contribution is -2.30. The van der Waals surface area contributed by atoms with Gasteiger partial charge in [0, 0.05) is 22.0 Å². The van der Waals surface area contributed by atoms with E-state index in [0.717, 1.165) is 10.6 Å². The van der Waals surface area contributed by atoms with Gasteiger partial charge in [-0.25, -0.2) is 0 Å². The third-order valence-corrected chi connectivity index (χ3v) is 14.2. The summed E-state index contributed by atoms with van der Waals surface area (Å²) < 4.78 is 15.0. The summed E-state index contributed by atoms with van der Waals surface area (Å²) in [6.07, 6.45) is 0.158. The summed E-state index contributed by atoms with van der Waals surface area (Å²) in [5, 5.41) is 7.10. The molecule has 0 aromatic heterocycles. The number of nitrogens with one attached hydrogen (secondary N) is 1. The van der Waals surface area contributed by atoms with Crippen LogP contribution in [-0.2, 0) is 21.2 Å². The van der Waals surface area contributed by atoms with Crippen molar-refractivity contribution < 1.29 is 9.36 Å². The Balaban J connectivity index is 1.55. The summed E-state index contributed by atoms with van der Waals surface area (Å²) in [6.45, 7) is 0. The first-order chi connectivity index (χ1) is 18.5. The van der Waals surface area contributed by atoms with Gasteiger partial charge < -0.3 is 9.88 Å². The van der Waals surface area contributed by atoms with Crippen LogP contribution in [0.4, 0.5) is 5.69 Å². The molecule has 0 spiro atoms. The van der Waals surface area contributed by atoms with E-state index in [1.54, 1.807) is 0 Å². The molecule has 0 aliphatic rings. The van der Waals surface area contributed by atoms with E-state index in [4.69, 9.17) is 11.8 Å². The van der Waals surface area contributed by atoms with E-state index in [9.17, 15) is 9.36 Å². The molecule has 6 heteroatoms. The lowest BCUT2D eigenvalue weighted by atomic mass is 10.3. The maximum Gasteiger partial charge on any atom is 0.230 e. The fraction of sp³-hybridized carbons (Fsp3) is 0.0312. The summed E-state index contributed by atoms with van der Waals surface area (Å²) in [7, 11) is -3.27. The highest BCUT2D eigenvalue weighted by Crippen LogP contribution is 2.46. The molecule has 5 aromatic rings. The summed E-state index contributed by atoms with van der Waals surface area (Å²) in [4.78, 5) is 13.7. The van der Waals surface area contributed by atoms with E-state index in [-0.39, 0.29) is 12.1 Å². The fourth-order valence-electron chi connectivity index (χ4n) is 4.62. The average molecular weight is 552 g/mol. The Bertz CT molecular complexity index is 1540. The number of amides is 1. The van der Waals surface area contributed by atoms with Crippen LogP contribution in [0.1, 0.15) is 0 Å². The minimum Gasteiger partial charge on any atom is -0.325 e. The van der Waals surface area contributed by atoms with Crippen molar-refractivity contribution in [2.24, 2.45) is 0 Å². The molecule has 3 nitrogen and oxygen atoms in total. The van der Waals surface area contributed by atoms with Crippen LogP contribution in [0.2, 0.25) is 0 Å². The predicted octanol–water partition coefficient (Wildman–Crippen LogP) is 5.40. The molecule has 1 N–H and O–H groups in total. The Morgan fingerprint density at radius 2 is 0.921 bits per heavy atom. The van der Waals surface area contributed by atoms with Crippen LogP contribution in [0.5, 0.6) is 0 Å². The summed E-state index contributed by atoms with van der Waals surface area (Å²) in [6, 6.07) is 43.7. The van der Waals surface area contributed by atoms with Crippen LogP contribution in [0.25, 0.3) is 0 Å². The fourth-order valence-corrected chi connectivity index (χ4v) is 11.0. The summed E-state index contributed by atoms with van der Waals surface area (Å²) in [5.74, 6) is -0.193. The van der Waals surface area contributed by atoms with Gasteiger partial charge >= 0.3 is 0 Å². The van der Waals surface area contributed by atoms with Crippen molar-refractivity contribution in [3.8, 4) is 0 Å². The summed E-state index contributed by atoms with van der Waals surface area (Å²) >= 11 is 6.28. The molecule has 0 atom stereocenters. The Hall–Kier alpha value is -3.55. The molecule has 5 aromatic carbocycles. The molecule has 0 fully saturated rings. The highest BCUT2D eigenvalue weighted by atomic mass is 32.4. The standard InChI is InChI=1S/C32H27NO2P2S/c34-32(25-36(38,26-15-5-1-6-16-26)27-17-7-2-8-18-27)33-30-23-13-14-24-31(30)37(35,28-19-9-3-10-20-28)29-21-11-4-12-22-29/h1-24H,25H2,(H,33,34). The van der Waals surface area contributed by atoms with Gasteiger partial charge in [-0.1, -0.05) is 145 Å². The number of para-hydroxylation sites is 1. The lowest BCUT2D eigenvalue weighted by molar-refractivity contribution is -0.113. The van der Waals surface area contributed by atoms with Crippen molar-refractivity contribution in [2.45, 2.75) is 0 Å². The summed E-state index contributed by atoms with van der Waals surface area (Å²) in [5.41, 5.74) is 0.538. The van der Waals surface area contributed by atoms with Gasteiger partial charge in [0.2, 0.25) is 5.91 Å². The van der Waals surface area contributed by atoms with Gasteiger partial charge in [-0.2, -0.15) is 0 Å². The predicted molar refractivity (Wildman–Crippen MR) is 166 cm³/mol. The number of rotatable bonds is 8. The van der Waals surface area contributed by atoms with Crippen molar-refractivity contribution >= 4 is 63.1 Å². The molecule has 0 aliphatic carbocycles. The van der Waals surface area contributed by atoms with Crippen molar-refractivity contribution in [2.75, 3.05) is 11.5 Å². The van der Waals surface area contributed by atoms with Gasteiger partial charge in [-0.3, -0.25) is 4.79 Å². The van der Waals surface area contributed by atoms with Crippen molar-refractivity contribution in [1.29, 1.82) is 0 Å². The van der Waals surface area contributed by atoms with Gasteiger partial charge in [0.05, 0.1) is 11.8 Å². The monoisotopic (exact) mass is 551 g/mol. The van der Waals surface area contributed by atoms with E-state index in [1.165, 1.54) is 0 Å². The van der Waals surface area contributed by atoms with Crippen LogP contribution in [0.3, 0.4) is 0 Å². The first kappa shape index (κ1) is 26.1. The normalized spacial score (nSPS) is 11.6. The Morgan fingerprint density at radius 3 is 1.37 bits per heavy atom. The molecule has 1 amide bonds. The molecule has 0 saturated heterocycles. The quantitative estimate of drug-likeness (QED) is 0.263. The van der Waals surface area contributed by atoms with Crippen LogP contribution < -0.4 is 31.8 Å². The zero-order chi connectivity index (χ0) is 26.4. The van der Waals surface area contributed by atoms with E-state index in [0.29, 0.717) is 21.6 Å². The Labute approximate surface area is 229 Å². The number of carbonyl (C=O) groups excluding carboxylic acids is 1.